The Kier molecular flexibility index (Phi) is 5.24. The molecule has 6 heteroatoms. The first-order valence-electron chi connectivity index (χ1n) is 6.07. The first-order chi connectivity index (χ1) is 9.15. The van der Waals surface area contributed by atoms with Crippen LogP contribution in [-0.4, -0.2) is 22.0 Å². The van der Waals surface area contributed by atoms with Gasteiger partial charge in [0.1, 0.15) is 0 Å². The summed E-state index contributed by atoms with van der Waals surface area (Å²) < 4.78 is 5.60. The van der Waals surface area contributed by atoms with Gasteiger partial charge in [-0.05, 0) is 43.4 Å². The minimum Gasteiger partial charge on any atom is -0.420 e. The number of benzene rings is 1. The van der Waals surface area contributed by atoms with E-state index in [4.69, 9.17) is 21.8 Å². The van der Waals surface area contributed by atoms with Crippen LogP contribution in [0.25, 0.3) is 11.5 Å². The smallest absolute Gasteiger partial charge is 0.247 e. The summed E-state index contributed by atoms with van der Waals surface area (Å²) in [6, 6.07) is 7.57. The van der Waals surface area contributed by atoms with Crippen LogP contribution in [0.2, 0.25) is 5.02 Å². The number of nitrogens with two attached hydrogens (primary N) is 1. The zero-order chi connectivity index (χ0) is 13.7. The van der Waals surface area contributed by atoms with E-state index in [0.717, 1.165) is 17.7 Å². The maximum absolute atomic E-state index is 5.83. The number of nitrogens with zero attached hydrogens (tertiary/aromatic N) is 2. The fraction of sp³-hybridized carbons (Fsp3) is 0.385. The average Bonchev–Trinajstić information content (AvgIpc) is 2.84. The molecule has 1 aromatic heterocycles. The van der Waals surface area contributed by atoms with Crippen LogP contribution in [0, 0.1) is 0 Å². The molecule has 0 amide bonds. The second-order valence-electron chi connectivity index (χ2n) is 4.33. The van der Waals surface area contributed by atoms with Crippen LogP contribution in [0.1, 0.15) is 19.2 Å². The third-order valence-corrected chi connectivity index (χ3v) is 3.73. The first-order valence-corrected chi connectivity index (χ1v) is 7.60. The topological polar surface area (TPSA) is 64.9 Å². The van der Waals surface area contributed by atoms with E-state index in [1.807, 2.05) is 19.1 Å². The van der Waals surface area contributed by atoms with E-state index in [0.29, 0.717) is 22.6 Å². The molecule has 102 valence electrons. The Bertz CT molecular complexity index is 513. The summed E-state index contributed by atoms with van der Waals surface area (Å²) in [5.41, 5.74) is 6.57. The molecule has 0 aliphatic heterocycles. The van der Waals surface area contributed by atoms with Crippen molar-refractivity contribution < 1.29 is 4.42 Å². The van der Waals surface area contributed by atoms with E-state index in [2.05, 4.69) is 10.2 Å². The summed E-state index contributed by atoms with van der Waals surface area (Å²) in [7, 11) is 0. The summed E-state index contributed by atoms with van der Waals surface area (Å²) in [5, 5.41) is 8.75. The predicted molar refractivity (Wildman–Crippen MR) is 79.2 cm³/mol. The van der Waals surface area contributed by atoms with Crippen molar-refractivity contribution in [2.24, 2.45) is 5.73 Å². The third kappa shape index (κ3) is 4.53. The van der Waals surface area contributed by atoms with E-state index in [1.165, 1.54) is 0 Å². The van der Waals surface area contributed by atoms with E-state index >= 15 is 0 Å². The van der Waals surface area contributed by atoms with Crippen LogP contribution in [0.3, 0.4) is 0 Å². The largest absolute Gasteiger partial charge is 0.420 e. The van der Waals surface area contributed by atoms with Gasteiger partial charge in [0, 0.05) is 16.6 Å². The van der Waals surface area contributed by atoms with Crippen molar-refractivity contribution in [3.63, 3.8) is 0 Å². The van der Waals surface area contributed by atoms with Crippen molar-refractivity contribution >= 4 is 23.4 Å². The Morgan fingerprint density at radius 3 is 2.74 bits per heavy atom. The second-order valence-corrected chi connectivity index (χ2v) is 5.87. The zero-order valence-corrected chi connectivity index (χ0v) is 12.2. The maximum atomic E-state index is 5.83. The highest BCUT2D eigenvalue weighted by molar-refractivity contribution is 7.98. The van der Waals surface area contributed by atoms with Gasteiger partial charge in [0.2, 0.25) is 11.8 Å². The SMILES string of the molecule is CC(N)CCSCc1nnc(-c2ccc(Cl)cc2)o1. The fourth-order valence-corrected chi connectivity index (χ4v) is 2.55. The molecule has 0 fully saturated rings. The Morgan fingerprint density at radius 2 is 2.05 bits per heavy atom. The lowest BCUT2D eigenvalue weighted by Gasteiger charge is -2.02. The highest BCUT2D eigenvalue weighted by Gasteiger charge is 2.08. The van der Waals surface area contributed by atoms with Crippen LogP contribution in [0.5, 0.6) is 0 Å². The van der Waals surface area contributed by atoms with Crippen molar-refractivity contribution in [2.75, 3.05) is 5.75 Å². The molecular weight excluding hydrogens is 282 g/mol. The average molecular weight is 298 g/mol. The summed E-state index contributed by atoms with van der Waals surface area (Å²) in [5.74, 6) is 2.88. The summed E-state index contributed by atoms with van der Waals surface area (Å²) in [4.78, 5) is 0. The highest BCUT2D eigenvalue weighted by atomic mass is 35.5. The zero-order valence-electron chi connectivity index (χ0n) is 10.7. The number of rotatable bonds is 6. The van der Waals surface area contributed by atoms with Crippen LogP contribution in [0.15, 0.2) is 28.7 Å². The maximum Gasteiger partial charge on any atom is 0.247 e. The van der Waals surface area contributed by atoms with E-state index in [1.54, 1.807) is 23.9 Å². The molecule has 19 heavy (non-hydrogen) atoms. The molecular formula is C13H16ClN3OS. The summed E-state index contributed by atoms with van der Waals surface area (Å²) in [6.45, 7) is 2.01. The van der Waals surface area contributed by atoms with E-state index in [-0.39, 0.29) is 6.04 Å². The molecule has 2 N–H and O–H groups in total. The second kappa shape index (κ2) is 6.93. The van der Waals surface area contributed by atoms with Gasteiger partial charge in [-0.1, -0.05) is 11.6 Å². The minimum atomic E-state index is 0.236. The summed E-state index contributed by atoms with van der Waals surface area (Å²) >= 11 is 7.58. The van der Waals surface area contributed by atoms with Gasteiger partial charge in [0.15, 0.2) is 0 Å². The van der Waals surface area contributed by atoms with Crippen LogP contribution < -0.4 is 5.73 Å². The molecule has 0 bridgehead atoms. The van der Waals surface area contributed by atoms with Gasteiger partial charge in [0.05, 0.1) is 5.75 Å². The number of aromatic nitrogens is 2. The van der Waals surface area contributed by atoms with E-state index < -0.39 is 0 Å². The molecule has 4 nitrogen and oxygen atoms in total. The van der Waals surface area contributed by atoms with Crippen molar-refractivity contribution in [1.29, 1.82) is 0 Å². The molecule has 0 radical (unpaired) electrons. The summed E-state index contributed by atoms with van der Waals surface area (Å²) in [6.07, 6.45) is 0.989. The molecule has 0 spiro atoms. The molecule has 0 saturated heterocycles. The van der Waals surface area contributed by atoms with Crippen LogP contribution >= 0.6 is 23.4 Å². The minimum absolute atomic E-state index is 0.236. The quantitative estimate of drug-likeness (QED) is 0.828. The first kappa shape index (κ1) is 14.4. The number of hydrogen-bond acceptors (Lipinski definition) is 5. The van der Waals surface area contributed by atoms with Gasteiger partial charge in [-0.3, -0.25) is 0 Å². The lowest BCUT2D eigenvalue weighted by atomic mass is 10.2. The Balaban J connectivity index is 1.90. The van der Waals surface area contributed by atoms with Gasteiger partial charge in [0.25, 0.3) is 0 Å². The third-order valence-electron chi connectivity index (χ3n) is 2.50. The Morgan fingerprint density at radius 1 is 1.32 bits per heavy atom. The standard InChI is InChI=1S/C13H16ClN3OS/c1-9(15)6-7-19-8-12-16-17-13(18-12)10-2-4-11(14)5-3-10/h2-5,9H,6-8,15H2,1H3. The van der Waals surface area contributed by atoms with Crippen molar-refractivity contribution in [3.05, 3.63) is 35.2 Å². The van der Waals surface area contributed by atoms with Crippen molar-refractivity contribution in [1.82, 2.24) is 10.2 Å². The molecule has 1 unspecified atom stereocenters. The van der Waals surface area contributed by atoms with Crippen molar-refractivity contribution in [2.45, 2.75) is 25.1 Å². The van der Waals surface area contributed by atoms with Gasteiger partial charge >= 0.3 is 0 Å². The van der Waals surface area contributed by atoms with Gasteiger partial charge < -0.3 is 10.2 Å². The molecule has 0 aliphatic carbocycles. The molecule has 2 rings (SSSR count). The van der Waals surface area contributed by atoms with E-state index in [9.17, 15) is 0 Å². The Labute approximate surface area is 121 Å². The van der Waals surface area contributed by atoms with Crippen LogP contribution in [0.4, 0.5) is 0 Å². The lowest BCUT2D eigenvalue weighted by molar-refractivity contribution is 0.528. The van der Waals surface area contributed by atoms with Crippen LogP contribution in [-0.2, 0) is 5.75 Å². The molecule has 1 atom stereocenters. The highest BCUT2D eigenvalue weighted by Crippen LogP contribution is 2.21. The van der Waals surface area contributed by atoms with Gasteiger partial charge in [-0.15, -0.1) is 10.2 Å². The Hall–Kier alpha value is -1.04. The number of hydrogen-bond donors (Lipinski definition) is 1. The van der Waals surface area contributed by atoms with Gasteiger partial charge in [-0.2, -0.15) is 11.8 Å². The molecule has 0 saturated carbocycles. The molecule has 2 aromatic rings. The molecule has 1 aromatic carbocycles. The normalized spacial score (nSPS) is 12.6. The molecule has 0 aliphatic rings. The number of thioether (sulfide) groups is 1. The lowest BCUT2D eigenvalue weighted by Crippen LogP contribution is -2.15. The van der Waals surface area contributed by atoms with Crippen molar-refractivity contribution in [3.8, 4) is 11.5 Å². The predicted octanol–water partition coefficient (Wildman–Crippen LogP) is 3.36. The molecule has 1 heterocycles. The van der Waals surface area contributed by atoms with Gasteiger partial charge in [-0.25, -0.2) is 0 Å². The monoisotopic (exact) mass is 297 g/mol. The number of halogens is 1. The fourth-order valence-electron chi connectivity index (χ4n) is 1.45.